The average Bonchev–Trinajstić information content (AvgIpc) is 3.03. The summed E-state index contributed by atoms with van der Waals surface area (Å²) in [6.07, 6.45) is 0.503. The first-order valence-electron chi connectivity index (χ1n) is 7.56. The molecule has 1 aliphatic rings. The number of hydrogen-bond donors (Lipinski definition) is 1. The molecule has 1 atom stereocenters. The minimum absolute atomic E-state index is 0.0755. The first-order valence-corrected chi connectivity index (χ1v) is 7.56. The molecule has 1 aromatic rings. The third-order valence-electron chi connectivity index (χ3n) is 4.46. The molecule has 0 aromatic heterocycles. The number of aliphatic carboxylic acids is 1. The highest BCUT2D eigenvalue weighted by atomic mass is 16.5. The van der Waals surface area contributed by atoms with Crippen molar-refractivity contribution in [3.05, 3.63) is 23.8 Å². The number of carbonyl (C=O) groups is 2. The van der Waals surface area contributed by atoms with Crippen LogP contribution in [0.1, 0.15) is 25.8 Å². The maximum atomic E-state index is 12.9. The number of likely N-dealkylation sites (tertiary alicyclic amines) is 1. The molecule has 1 saturated heterocycles. The molecule has 1 fully saturated rings. The smallest absolute Gasteiger partial charge is 0.308 e. The topological polar surface area (TPSA) is 76.1 Å². The lowest BCUT2D eigenvalue weighted by Crippen LogP contribution is -2.42. The first-order chi connectivity index (χ1) is 10.8. The van der Waals surface area contributed by atoms with Crippen molar-refractivity contribution >= 4 is 11.9 Å². The van der Waals surface area contributed by atoms with Gasteiger partial charge in [-0.15, -0.1) is 0 Å². The summed E-state index contributed by atoms with van der Waals surface area (Å²) in [6.45, 7) is 4.42. The number of carboxylic acid groups (broad SMARTS) is 1. The van der Waals surface area contributed by atoms with E-state index in [0.717, 1.165) is 5.56 Å². The van der Waals surface area contributed by atoms with Crippen molar-refractivity contribution in [3.8, 4) is 11.5 Å². The van der Waals surface area contributed by atoms with E-state index >= 15 is 0 Å². The van der Waals surface area contributed by atoms with E-state index in [9.17, 15) is 9.59 Å². The van der Waals surface area contributed by atoms with Gasteiger partial charge in [0.2, 0.25) is 5.91 Å². The molecule has 6 nitrogen and oxygen atoms in total. The molecule has 6 heteroatoms. The molecule has 0 unspecified atom stereocenters. The lowest BCUT2D eigenvalue weighted by molar-refractivity contribution is -0.141. The number of benzene rings is 1. The van der Waals surface area contributed by atoms with E-state index < -0.39 is 17.3 Å². The fourth-order valence-corrected chi connectivity index (χ4v) is 2.89. The monoisotopic (exact) mass is 321 g/mol. The van der Waals surface area contributed by atoms with Crippen molar-refractivity contribution in [1.29, 1.82) is 0 Å². The van der Waals surface area contributed by atoms with Crippen molar-refractivity contribution in [1.82, 2.24) is 4.90 Å². The fraction of sp³-hybridized carbons (Fsp3) is 0.529. The van der Waals surface area contributed by atoms with E-state index in [2.05, 4.69) is 0 Å². The Kier molecular flexibility index (Phi) is 4.82. The van der Waals surface area contributed by atoms with Gasteiger partial charge in [0.15, 0.2) is 11.5 Å². The van der Waals surface area contributed by atoms with Crippen LogP contribution in [-0.2, 0) is 15.0 Å². The van der Waals surface area contributed by atoms with Gasteiger partial charge in [-0.25, -0.2) is 0 Å². The van der Waals surface area contributed by atoms with E-state index in [1.165, 1.54) is 0 Å². The lowest BCUT2D eigenvalue weighted by Gasteiger charge is -2.30. The Labute approximate surface area is 136 Å². The van der Waals surface area contributed by atoms with Crippen LogP contribution < -0.4 is 9.47 Å². The van der Waals surface area contributed by atoms with Crippen molar-refractivity contribution in [2.45, 2.75) is 25.7 Å². The number of hydrogen-bond acceptors (Lipinski definition) is 4. The van der Waals surface area contributed by atoms with Gasteiger partial charge in [-0.1, -0.05) is 6.07 Å². The van der Waals surface area contributed by atoms with Crippen LogP contribution in [0.15, 0.2) is 18.2 Å². The molecule has 1 heterocycles. The Bertz CT molecular complexity index is 611. The third-order valence-corrected chi connectivity index (χ3v) is 4.46. The molecule has 1 amide bonds. The molecule has 2 rings (SSSR count). The normalized spacial score (nSPS) is 17.9. The van der Waals surface area contributed by atoms with Gasteiger partial charge in [0.05, 0.1) is 25.6 Å². The van der Waals surface area contributed by atoms with Crippen LogP contribution in [0.25, 0.3) is 0 Å². The van der Waals surface area contributed by atoms with Crippen molar-refractivity contribution in [3.63, 3.8) is 0 Å². The molecule has 126 valence electrons. The summed E-state index contributed by atoms with van der Waals surface area (Å²) in [5, 5.41) is 9.09. The van der Waals surface area contributed by atoms with Crippen LogP contribution in [-0.4, -0.2) is 49.2 Å². The molecule has 1 aliphatic heterocycles. The molecule has 23 heavy (non-hydrogen) atoms. The van der Waals surface area contributed by atoms with Crippen molar-refractivity contribution in [2.75, 3.05) is 27.3 Å². The highest BCUT2D eigenvalue weighted by Crippen LogP contribution is 2.35. The SMILES string of the molecule is COc1ccc(C(C)(C)C(=O)N2CC[C@@H](C(=O)O)C2)cc1OC. The van der Waals surface area contributed by atoms with Crippen molar-refractivity contribution < 1.29 is 24.2 Å². The predicted molar refractivity (Wildman–Crippen MR) is 84.9 cm³/mol. The number of amides is 1. The molecular formula is C17H23NO5. The minimum atomic E-state index is -0.843. The number of carbonyl (C=O) groups excluding carboxylic acids is 1. The van der Waals surface area contributed by atoms with Gasteiger partial charge >= 0.3 is 5.97 Å². The van der Waals surface area contributed by atoms with E-state index in [0.29, 0.717) is 24.5 Å². The zero-order valence-electron chi connectivity index (χ0n) is 14.0. The Morgan fingerprint density at radius 1 is 1.22 bits per heavy atom. The highest BCUT2D eigenvalue weighted by Gasteiger charge is 2.39. The summed E-state index contributed by atoms with van der Waals surface area (Å²) >= 11 is 0. The number of nitrogens with zero attached hydrogens (tertiary/aromatic N) is 1. The third kappa shape index (κ3) is 3.25. The highest BCUT2D eigenvalue weighted by molar-refractivity contribution is 5.88. The zero-order chi connectivity index (χ0) is 17.2. The second-order valence-electron chi connectivity index (χ2n) is 6.27. The lowest BCUT2D eigenvalue weighted by atomic mass is 9.83. The quantitative estimate of drug-likeness (QED) is 0.896. The van der Waals surface area contributed by atoms with Gasteiger partial charge in [-0.2, -0.15) is 0 Å². The van der Waals surface area contributed by atoms with Crippen molar-refractivity contribution in [2.24, 2.45) is 5.92 Å². The van der Waals surface area contributed by atoms with Crippen LogP contribution >= 0.6 is 0 Å². The molecule has 0 radical (unpaired) electrons. The first kappa shape index (κ1) is 17.1. The Morgan fingerprint density at radius 2 is 1.87 bits per heavy atom. The summed E-state index contributed by atoms with van der Waals surface area (Å²) in [5.41, 5.74) is 0.0337. The second-order valence-corrected chi connectivity index (χ2v) is 6.27. The van der Waals surface area contributed by atoms with Gasteiger partial charge in [0, 0.05) is 13.1 Å². The largest absolute Gasteiger partial charge is 0.493 e. The molecule has 0 bridgehead atoms. The van der Waals surface area contributed by atoms with Crippen LogP contribution in [0.4, 0.5) is 0 Å². The van der Waals surface area contributed by atoms with Gasteiger partial charge in [-0.05, 0) is 38.0 Å². The summed E-state index contributed by atoms with van der Waals surface area (Å²) < 4.78 is 10.5. The molecule has 0 saturated carbocycles. The Balaban J connectivity index is 2.24. The van der Waals surface area contributed by atoms with E-state index in [-0.39, 0.29) is 12.5 Å². The summed E-state index contributed by atoms with van der Waals surface area (Å²) in [7, 11) is 3.11. The van der Waals surface area contributed by atoms with Crippen LogP contribution in [0.2, 0.25) is 0 Å². The van der Waals surface area contributed by atoms with Crippen LogP contribution in [0.5, 0.6) is 11.5 Å². The van der Waals surface area contributed by atoms with E-state index in [1.807, 2.05) is 19.9 Å². The number of carboxylic acids is 1. The second kappa shape index (κ2) is 6.48. The summed E-state index contributed by atoms with van der Waals surface area (Å²) in [5.74, 6) is -0.222. The van der Waals surface area contributed by atoms with Gasteiger partial charge < -0.3 is 19.5 Å². The number of methoxy groups -OCH3 is 2. The van der Waals surface area contributed by atoms with E-state index in [4.69, 9.17) is 14.6 Å². The number of ether oxygens (including phenoxy) is 2. The standard InChI is InChI=1S/C17H23NO5/c1-17(2,12-5-6-13(22-3)14(9-12)23-4)16(21)18-8-7-11(10-18)15(19)20/h5-6,9,11H,7-8,10H2,1-4H3,(H,19,20)/t11-/m1/s1. The van der Waals surface area contributed by atoms with E-state index in [1.54, 1.807) is 31.3 Å². The fourth-order valence-electron chi connectivity index (χ4n) is 2.89. The molecule has 1 N–H and O–H groups in total. The number of rotatable bonds is 5. The van der Waals surface area contributed by atoms with Gasteiger partial charge in [0.1, 0.15) is 0 Å². The Morgan fingerprint density at radius 3 is 2.39 bits per heavy atom. The van der Waals surface area contributed by atoms with Gasteiger partial charge in [0.25, 0.3) is 0 Å². The molecular weight excluding hydrogens is 298 g/mol. The Hall–Kier alpha value is -2.24. The van der Waals surface area contributed by atoms with Crippen LogP contribution in [0, 0.1) is 5.92 Å². The maximum absolute atomic E-state index is 12.9. The molecule has 0 aliphatic carbocycles. The zero-order valence-corrected chi connectivity index (χ0v) is 14.0. The molecule has 0 spiro atoms. The minimum Gasteiger partial charge on any atom is -0.493 e. The predicted octanol–water partition coefficient (Wildman–Crippen LogP) is 1.91. The molecule has 1 aromatic carbocycles. The van der Waals surface area contributed by atoms with Gasteiger partial charge in [-0.3, -0.25) is 9.59 Å². The maximum Gasteiger partial charge on any atom is 0.308 e. The van der Waals surface area contributed by atoms with Crippen LogP contribution in [0.3, 0.4) is 0 Å². The summed E-state index contributed by atoms with van der Waals surface area (Å²) in [4.78, 5) is 25.6. The summed E-state index contributed by atoms with van der Waals surface area (Å²) in [6, 6.07) is 5.40. The average molecular weight is 321 g/mol.